The molecule has 2 aromatic carbocycles. The van der Waals surface area contributed by atoms with Crippen LogP contribution in [0.5, 0.6) is 0 Å². The summed E-state index contributed by atoms with van der Waals surface area (Å²) in [7, 11) is 0. The number of thiazole rings is 1. The van der Waals surface area contributed by atoms with E-state index in [9.17, 15) is 14.9 Å². The lowest BCUT2D eigenvalue weighted by Crippen LogP contribution is -2.19. The van der Waals surface area contributed by atoms with Crippen LogP contribution in [0.1, 0.15) is 34.3 Å². The van der Waals surface area contributed by atoms with E-state index >= 15 is 0 Å². The lowest BCUT2D eigenvalue weighted by atomic mass is 10.0. The van der Waals surface area contributed by atoms with Crippen molar-refractivity contribution < 1.29 is 9.72 Å². The molecule has 2 heterocycles. The number of carbonyl (C=O) groups excluding carboxylic acids is 1. The van der Waals surface area contributed by atoms with E-state index in [-0.39, 0.29) is 11.3 Å². The van der Waals surface area contributed by atoms with Gasteiger partial charge in [-0.1, -0.05) is 23.8 Å². The van der Waals surface area contributed by atoms with Crippen molar-refractivity contribution >= 4 is 33.8 Å². The van der Waals surface area contributed by atoms with Crippen LogP contribution in [-0.2, 0) is 0 Å². The van der Waals surface area contributed by atoms with Gasteiger partial charge in [0.05, 0.1) is 10.6 Å². The highest BCUT2D eigenvalue weighted by Gasteiger charge is 2.24. The second kappa shape index (κ2) is 8.23. The molecule has 1 aromatic heterocycles. The molecule has 3 aromatic rings. The number of nitro benzene ring substituents is 1. The summed E-state index contributed by atoms with van der Waals surface area (Å²) in [6.45, 7) is 5.66. The summed E-state index contributed by atoms with van der Waals surface area (Å²) in [6, 6.07) is 10.8. The van der Waals surface area contributed by atoms with Crippen molar-refractivity contribution in [3.63, 3.8) is 0 Å². The van der Waals surface area contributed by atoms with Crippen LogP contribution in [0.25, 0.3) is 11.3 Å². The van der Waals surface area contributed by atoms with Crippen molar-refractivity contribution in [2.75, 3.05) is 23.3 Å². The molecule has 1 amide bonds. The van der Waals surface area contributed by atoms with Gasteiger partial charge in [0.15, 0.2) is 5.13 Å². The molecule has 0 saturated carbocycles. The normalized spacial score (nSPS) is 13.5. The first-order valence-electron chi connectivity index (χ1n) is 9.80. The molecule has 0 radical (unpaired) electrons. The average Bonchev–Trinajstić information content (AvgIpc) is 3.40. The average molecular weight is 423 g/mol. The maximum Gasteiger partial charge on any atom is 0.293 e. The van der Waals surface area contributed by atoms with E-state index < -0.39 is 10.8 Å². The van der Waals surface area contributed by atoms with Crippen LogP contribution in [0, 0.1) is 24.0 Å². The predicted molar refractivity (Wildman–Crippen MR) is 120 cm³/mol. The maximum atomic E-state index is 12.7. The Morgan fingerprint density at radius 3 is 2.63 bits per heavy atom. The molecule has 7 nitrogen and oxygen atoms in total. The summed E-state index contributed by atoms with van der Waals surface area (Å²) < 4.78 is 0. The van der Waals surface area contributed by atoms with Crippen molar-refractivity contribution in [1.82, 2.24) is 4.98 Å². The number of amides is 1. The molecule has 0 spiro atoms. The van der Waals surface area contributed by atoms with Crippen LogP contribution in [-0.4, -0.2) is 28.9 Å². The number of carbonyl (C=O) groups is 1. The molecule has 1 aliphatic heterocycles. The summed E-state index contributed by atoms with van der Waals surface area (Å²) in [5.41, 5.74) is 4.88. The Bertz CT molecular complexity index is 1120. The number of rotatable bonds is 5. The molecule has 0 unspecified atom stereocenters. The molecule has 1 aliphatic rings. The van der Waals surface area contributed by atoms with Gasteiger partial charge < -0.3 is 4.90 Å². The standard InChI is InChI=1S/C22H22N4O3S/c1-14-5-7-17(15(2)11-14)18-13-30-22(23-18)24-21(27)16-6-8-19(20(12-16)26(28)29)25-9-3-4-10-25/h5-8,11-13H,3-4,9-10H2,1-2H3,(H,23,24,27). The van der Waals surface area contributed by atoms with Crippen LogP contribution in [0.15, 0.2) is 41.8 Å². The van der Waals surface area contributed by atoms with Gasteiger partial charge in [-0.3, -0.25) is 20.2 Å². The highest BCUT2D eigenvalue weighted by Crippen LogP contribution is 2.32. The number of nitrogens with zero attached hydrogens (tertiary/aromatic N) is 3. The van der Waals surface area contributed by atoms with Crippen LogP contribution in [0.3, 0.4) is 0 Å². The van der Waals surface area contributed by atoms with Gasteiger partial charge >= 0.3 is 0 Å². The Morgan fingerprint density at radius 1 is 1.17 bits per heavy atom. The number of nitro groups is 1. The second-order valence-electron chi connectivity index (χ2n) is 7.47. The van der Waals surface area contributed by atoms with E-state index in [0.29, 0.717) is 10.8 Å². The van der Waals surface area contributed by atoms with Gasteiger partial charge in [0, 0.05) is 35.7 Å². The van der Waals surface area contributed by atoms with Gasteiger partial charge in [0.2, 0.25) is 0 Å². The topological polar surface area (TPSA) is 88.4 Å². The molecule has 154 valence electrons. The van der Waals surface area contributed by atoms with Gasteiger partial charge in [-0.2, -0.15) is 0 Å². The van der Waals surface area contributed by atoms with Crippen LogP contribution in [0.4, 0.5) is 16.5 Å². The quantitative estimate of drug-likeness (QED) is 0.452. The summed E-state index contributed by atoms with van der Waals surface area (Å²) in [5.74, 6) is -0.410. The molecule has 30 heavy (non-hydrogen) atoms. The summed E-state index contributed by atoms with van der Waals surface area (Å²) >= 11 is 1.33. The van der Waals surface area contributed by atoms with E-state index in [1.807, 2.05) is 36.3 Å². The number of aromatic nitrogens is 1. The molecule has 8 heteroatoms. The minimum absolute atomic E-state index is 0.0420. The largest absolute Gasteiger partial charge is 0.366 e. The van der Waals surface area contributed by atoms with E-state index in [0.717, 1.165) is 42.8 Å². The van der Waals surface area contributed by atoms with Gasteiger partial charge in [-0.05, 0) is 44.4 Å². The smallest absolute Gasteiger partial charge is 0.293 e. The Hall–Kier alpha value is -3.26. The Kier molecular flexibility index (Phi) is 5.50. The molecule has 1 saturated heterocycles. The van der Waals surface area contributed by atoms with Crippen molar-refractivity contribution in [2.24, 2.45) is 0 Å². The first-order valence-corrected chi connectivity index (χ1v) is 10.7. The summed E-state index contributed by atoms with van der Waals surface area (Å²) in [6.07, 6.45) is 2.04. The zero-order valence-corrected chi connectivity index (χ0v) is 17.7. The van der Waals surface area contributed by atoms with Crippen molar-refractivity contribution in [2.45, 2.75) is 26.7 Å². The number of aryl methyl sites for hydroxylation is 2. The van der Waals surface area contributed by atoms with Crippen molar-refractivity contribution in [3.8, 4) is 11.3 Å². The van der Waals surface area contributed by atoms with E-state index in [4.69, 9.17) is 0 Å². The lowest BCUT2D eigenvalue weighted by Gasteiger charge is -2.17. The third-order valence-corrected chi connectivity index (χ3v) is 6.02. The monoisotopic (exact) mass is 422 g/mol. The van der Waals surface area contributed by atoms with Gasteiger partial charge in [-0.15, -0.1) is 11.3 Å². The number of nitrogens with one attached hydrogen (secondary N) is 1. The minimum atomic E-state index is -0.425. The molecular formula is C22H22N4O3S. The third-order valence-electron chi connectivity index (χ3n) is 5.26. The van der Waals surface area contributed by atoms with Crippen LogP contribution >= 0.6 is 11.3 Å². The predicted octanol–water partition coefficient (Wildman–Crippen LogP) is 5.19. The summed E-state index contributed by atoms with van der Waals surface area (Å²) in [4.78, 5) is 30.4. The van der Waals surface area contributed by atoms with E-state index in [1.165, 1.54) is 23.0 Å². The van der Waals surface area contributed by atoms with Crippen molar-refractivity contribution in [1.29, 1.82) is 0 Å². The second-order valence-corrected chi connectivity index (χ2v) is 8.32. The Morgan fingerprint density at radius 2 is 1.93 bits per heavy atom. The maximum absolute atomic E-state index is 12.7. The zero-order chi connectivity index (χ0) is 21.3. The SMILES string of the molecule is Cc1ccc(-c2csc(NC(=O)c3ccc(N4CCCC4)c([N+](=O)[O-])c3)n2)c(C)c1. The van der Waals surface area contributed by atoms with Gasteiger partial charge in [-0.25, -0.2) is 4.98 Å². The molecular weight excluding hydrogens is 400 g/mol. The fraction of sp³-hybridized carbons (Fsp3) is 0.273. The lowest BCUT2D eigenvalue weighted by molar-refractivity contribution is -0.384. The first kappa shape index (κ1) is 20.0. The molecule has 0 atom stereocenters. The zero-order valence-electron chi connectivity index (χ0n) is 16.8. The number of hydrogen-bond acceptors (Lipinski definition) is 6. The van der Waals surface area contributed by atoms with Crippen LogP contribution in [0.2, 0.25) is 0 Å². The summed E-state index contributed by atoms with van der Waals surface area (Å²) in [5, 5.41) is 16.7. The molecule has 1 fully saturated rings. The highest BCUT2D eigenvalue weighted by molar-refractivity contribution is 7.14. The van der Waals surface area contributed by atoms with E-state index in [2.05, 4.69) is 16.4 Å². The fourth-order valence-corrected chi connectivity index (χ4v) is 4.47. The highest BCUT2D eigenvalue weighted by atomic mass is 32.1. The van der Waals surface area contributed by atoms with Crippen molar-refractivity contribution in [3.05, 3.63) is 68.6 Å². The van der Waals surface area contributed by atoms with Gasteiger partial charge in [0.1, 0.15) is 5.69 Å². The molecule has 4 rings (SSSR count). The third kappa shape index (κ3) is 4.04. The Labute approximate surface area is 178 Å². The molecule has 0 aliphatic carbocycles. The molecule has 1 N–H and O–H groups in total. The molecule has 0 bridgehead atoms. The fourth-order valence-electron chi connectivity index (χ4n) is 3.76. The van der Waals surface area contributed by atoms with E-state index in [1.54, 1.807) is 12.1 Å². The van der Waals surface area contributed by atoms with Gasteiger partial charge in [0.25, 0.3) is 11.6 Å². The number of anilines is 2. The minimum Gasteiger partial charge on any atom is -0.366 e. The Balaban J connectivity index is 1.55. The number of benzene rings is 2. The first-order chi connectivity index (χ1) is 14.4. The van der Waals surface area contributed by atoms with Crippen LogP contribution < -0.4 is 10.2 Å². The number of hydrogen-bond donors (Lipinski definition) is 1.